The summed E-state index contributed by atoms with van der Waals surface area (Å²) in [6.07, 6.45) is 0.559. The summed E-state index contributed by atoms with van der Waals surface area (Å²) in [5.74, 6) is 0.652. The molecule has 1 saturated heterocycles. The van der Waals surface area contributed by atoms with Crippen molar-refractivity contribution in [3.8, 4) is 0 Å². The van der Waals surface area contributed by atoms with Crippen molar-refractivity contribution in [2.75, 3.05) is 23.8 Å². The van der Waals surface area contributed by atoms with Crippen LogP contribution >= 0.6 is 27.7 Å². The van der Waals surface area contributed by atoms with Gasteiger partial charge in [-0.2, -0.15) is 0 Å². The summed E-state index contributed by atoms with van der Waals surface area (Å²) < 4.78 is 24.3. The molecular formula is C16H22BrNO3S2. The lowest BCUT2D eigenvalue weighted by Gasteiger charge is -2.26. The zero-order valence-corrected chi connectivity index (χ0v) is 16.9. The number of carbonyl (C=O) groups is 1. The summed E-state index contributed by atoms with van der Waals surface area (Å²) in [4.78, 5) is 15.3. The van der Waals surface area contributed by atoms with E-state index >= 15 is 0 Å². The first-order chi connectivity index (χ1) is 10.7. The molecule has 0 aliphatic carbocycles. The van der Waals surface area contributed by atoms with Crippen molar-refractivity contribution < 1.29 is 13.2 Å². The van der Waals surface area contributed by atoms with Crippen LogP contribution in [0.4, 0.5) is 0 Å². The topological polar surface area (TPSA) is 54.5 Å². The first-order valence-electron chi connectivity index (χ1n) is 7.63. The monoisotopic (exact) mass is 419 g/mol. The molecule has 1 aromatic carbocycles. The van der Waals surface area contributed by atoms with E-state index in [1.807, 2.05) is 20.8 Å². The molecule has 7 heteroatoms. The maximum absolute atomic E-state index is 12.5. The van der Waals surface area contributed by atoms with Crippen LogP contribution in [-0.4, -0.2) is 49.1 Å². The van der Waals surface area contributed by atoms with Gasteiger partial charge in [-0.15, -0.1) is 11.8 Å². The van der Waals surface area contributed by atoms with E-state index in [1.54, 1.807) is 4.90 Å². The molecule has 1 unspecified atom stereocenters. The van der Waals surface area contributed by atoms with E-state index in [0.29, 0.717) is 18.7 Å². The molecule has 0 saturated carbocycles. The number of hydrogen-bond donors (Lipinski definition) is 0. The lowest BCUT2D eigenvalue weighted by Crippen LogP contribution is -2.41. The fourth-order valence-corrected chi connectivity index (χ4v) is 5.97. The van der Waals surface area contributed by atoms with E-state index in [1.165, 1.54) is 11.8 Å². The van der Waals surface area contributed by atoms with Crippen molar-refractivity contribution in [2.24, 2.45) is 0 Å². The fraction of sp³-hybridized carbons (Fsp3) is 0.562. The van der Waals surface area contributed by atoms with Gasteiger partial charge >= 0.3 is 0 Å². The minimum Gasteiger partial charge on any atom is -0.338 e. The molecule has 0 spiro atoms. The fourth-order valence-electron chi connectivity index (χ4n) is 2.79. The average molecular weight is 420 g/mol. The molecule has 128 valence electrons. The van der Waals surface area contributed by atoms with Crippen LogP contribution in [-0.2, 0) is 14.6 Å². The third-order valence-electron chi connectivity index (χ3n) is 4.12. The van der Waals surface area contributed by atoms with Gasteiger partial charge < -0.3 is 4.90 Å². The Morgan fingerprint density at radius 1 is 1.35 bits per heavy atom. The van der Waals surface area contributed by atoms with Crippen LogP contribution in [0.15, 0.2) is 21.5 Å². The zero-order valence-electron chi connectivity index (χ0n) is 13.6. The van der Waals surface area contributed by atoms with Crippen LogP contribution in [0.2, 0.25) is 0 Å². The highest BCUT2D eigenvalue weighted by atomic mass is 79.9. The number of nitrogens with zero attached hydrogens (tertiary/aromatic N) is 1. The van der Waals surface area contributed by atoms with Gasteiger partial charge in [0.1, 0.15) is 0 Å². The summed E-state index contributed by atoms with van der Waals surface area (Å²) in [6, 6.07) is 3.97. The second-order valence-corrected chi connectivity index (χ2v) is 9.99. The minimum atomic E-state index is -2.97. The molecular weight excluding hydrogens is 398 g/mol. The van der Waals surface area contributed by atoms with E-state index in [0.717, 1.165) is 20.5 Å². The molecule has 4 nitrogen and oxygen atoms in total. The predicted octanol–water partition coefficient (Wildman–Crippen LogP) is 3.19. The van der Waals surface area contributed by atoms with Crippen LogP contribution in [0.3, 0.4) is 0 Å². The number of rotatable bonds is 5. The first kappa shape index (κ1) is 18.8. The summed E-state index contributed by atoms with van der Waals surface area (Å²) in [5.41, 5.74) is 2.27. The Balaban J connectivity index is 2.02. The van der Waals surface area contributed by atoms with Crippen molar-refractivity contribution in [3.63, 3.8) is 0 Å². The number of thioether (sulfide) groups is 1. The standard InChI is InChI=1S/C16H22BrNO3S2/c1-4-18(13-5-6-23(20,21)10-13)16(19)9-22-15-8-11(2)14(17)7-12(15)3/h7-8,13H,4-6,9-10H2,1-3H3. The molecule has 1 amide bonds. The van der Waals surface area contributed by atoms with Crippen molar-refractivity contribution in [1.82, 2.24) is 4.90 Å². The Morgan fingerprint density at radius 2 is 2.04 bits per heavy atom. The first-order valence-corrected chi connectivity index (χ1v) is 11.2. The predicted molar refractivity (Wildman–Crippen MR) is 98.8 cm³/mol. The molecule has 2 rings (SSSR count). The third kappa shape index (κ3) is 4.73. The zero-order chi connectivity index (χ0) is 17.2. The molecule has 1 aliphatic rings. The molecule has 1 heterocycles. The largest absolute Gasteiger partial charge is 0.338 e. The molecule has 1 aromatic rings. The Bertz CT molecular complexity index is 704. The van der Waals surface area contributed by atoms with Crippen molar-refractivity contribution in [1.29, 1.82) is 0 Å². The van der Waals surface area contributed by atoms with E-state index in [-0.39, 0.29) is 23.5 Å². The molecule has 1 aliphatic heterocycles. The molecule has 23 heavy (non-hydrogen) atoms. The Labute approximate surface area is 151 Å². The van der Waals surface area contributed by atoms with Crippen LogP contribution in [0.25, 0.3) is 0 Å². The van der Waals surface area contributed by atoms with Gasteiger partial charge in [-0.1, -0.05) is 15.9 Å². The van der Waals surface area contributed by atoms with Gasteiger partial charge in [0.05, 0.1) is 17.3 Å². The third-order valence-corrected chi connectivity index (χ3v) is 7.86. The second kappa shape index (κ2) is 7.57. The molecule has 0 aromatic heterocycles. The van der Waals surface area contributed by atoms with Gasteiger partial charge in [0.2, 0.25) is 5.91 Å². The molecule has 1 fully saturated rings. The van der Waals surface area contributed by atoms with E-state index < -0.39 is 9.84 Å². The second-order valence-electron chi connectivity index (χ2n) is 5.89. The molecule has 0 radical (unpaired) electrons. The van der Waals surface area contributed by atoms with Crippen molar-refractivity contribution >= 4 is 43.4 Å². The van der Waals surface area contributed by atoms with Crippen LogP contribution in [0.1, 0.15) is 24.5 Å². The SMILES string of the molecule is CCN(C(=O)CSc1cc(C)c(Br)cc1C)C1CCS(=O)(=O)C1. The van der Waals surface area contributed by atoms with Gasteiger partial charge in [-0.25, -0.2) is 8.42 Å². The Kier molecular flexibility index (Phi) is 6.19. The van der Waals surface area contributed by atoms with Crippen LogP contribution < -0.4 is 0 Å². The number of aryl methyl sites for hydroxylation is 2. The van der Waals surface area contributed by atoms with E-state index in [2.05, 4.69) is 28.1 Å². The lowest BCUT2D eigenvalue weighted by molar-refractivity contribution is -0.129. The molecule has 0 bridgehead atoms. The maximum atomic E-state index is 12.5. The van der Waals surface area contributed by atoms with Crippen molar-refractivity contribution in [3.05, 3.63) is 27.7 Å². The summed E-state index contributed by atoms with van der Waals surface area (Å²) in [5, 5.41) is 0. The molecule has 0 N–H and O–H groups in total. The highest BCUT2D eigenvalue weighted by Crippen LogP contribution is 2.29. The number of benzene rings is 1. The Hall–Kier alpha value is -0.530. The van der Waals surface area contributed by atoms with E-state index in [4.69, 9.17) is 0 Å². The van der Waals surface area contributed by atoms with E-state index in [9.17, 15) is 13.2 Å². The number of carbonyl (C=O) groups excluding carboxylic acids is 1. The van der Waals surface area contributed by atoms with Gasteiger partial charge in [0, 0.05) is 22.0 Å². The van der Waals surface area contributed by atoms with Crippen LogP contribution in [0, 0.1) is 13.8 Å². The molecule has 1 atom stereocenters. The summed E-state index contributed by atoms with van der Waals surface area (Å²) in [7, 11) is -2.97. The lowest BCUT2D eigenvalue weighted by atomic mass is 10.2. The smallest absolute Gasteiger partial charge is 0.233 e. The minimum absolute atomic E-state index is 0.0135. The van der Waals surface area contributed by atoms with Gasteiger partial charge in [-0.3, -0.25) is 4.79 Å². The highest BCUT2D eigenvalue weighted by Gasteiger charge is 2.33. The Morgan fingerprint density at radius 3 is 2.61 bits per heavy atom. The van der Waals surface area contributed by atoms with Gasteiger partial charge in [0.15, 0.2) is 9.84 Å². The number of halogens is 1. The van der Waals surface area contributed by atoms with Crippen molar-refractivity contribution in [2.45, 2.75) is 38.1 Å². The maximum Gasteiger partial charge on any atom is 0.233 e. The van der Waals surface area contributed by atoms with Gasteiger partial charge in [0.25, 0.3) is 0 Å². The number of amides is 1. The number of hydrogen-bond acceptors (Lipinski definition) is 4. The van der Waals surface area contributed by atoms with Gasteiger partial charge in [-0.05, 0) is 50.5 Å². The normalized spacial score (nSPS) is 19.7. The average Bonchev–Trinajstić information content (AvgIpc) is 2.82. The summed E-state index contributed by atoms with van der Waals surface area (Å²) >= 11 is 5.03. The summed E-state index contributed by atoms with van der Waals surface area (Å²) in [6.45, 7) is 6.51. The van der Waals surface area contributed by atoms with Crippen LogP contribution in [0.5, 0.6) is 0 Å². The quantitative estimate of drug-likeness (QED) is 0.687. The number of sulfone groups is 1. The highest BCUT2D eigenvalue weighted by molar-refractivity contribution is 9.10.